The number of hydrogen-bond donors (Lipinski definition) is 1. The molecule has 1 aromatic carbocycles. The number of rotatable bonds is 5. The van der Waals surface area contributed by atoms with Crippen LogP contribution in [0.3, 0.4) is 0 Å². The van der Waals surface area contributed by atoms with Gasteiger partial charge in [-0.3, -0.25) is 0 Å². The predicted molar refractivity (Wildman–Crippen MR) is 77.7 cm³/mol. The standard InChI is InChI=1S/C15H19N3O2/c1-3-11(2)10-20-15(19)14-8-9-18(17-14)13-6-4-12(16)5-7-13/h4-9,11H,3,10,16H2,1-2H3. The van der Waals surface area contributed by atoms with Gasteiger partial charge < -0.3 is 10.5 Å². The summed E-state index contributed by atoms with van der Waals surface area (Å²) < 4.78 is 6.84. The van der Waals surface area contributed by atoms with E-state index in [-0.39, 0.29) is 5.97 Å². The van der Waals surface area contributed by atoms with E-state index in [0.29, 0.717) is 23.9 Å². The Balaban J connectivity index is 2.05. The van der Waals surface area contributed by atoms with Crippen LogP contribution >= 0.6 is 0 Å². The van der Waals surface area contributed by atoms with Gasteiger partial charge in [-0.1, -0.05) is 20.3 Å². The number of anilines is 1. The Bertz CT molecular complexity index is 575. The molecule has 1 aromatic heterocycles. The van der Waals surface area contributed by atoms with Gasteiger partial charge in [-0.05, 0) is 36.2 Å². The summed E-state index contributed by atoms with van der Waals surface area (Å²) >= 11 is 0. The summed E-state index contributed by atoms with van der Waals surface area (Å²) in [6, 6.07) is 8.92. The molecular weight excluding hydrogens is 254 g/mol. The second-order valence-electron chi connectivity index (χ2n) is 4.85. The molecule has 1 heterocycles. The van der Waals surface area contributed by atoms with Gasteiger partial charge in [-0.2, -0.15) is 5.10 Å². The lowest BCUT2D eigenvalue weighted by Gasteiger charge is -2.08. The fraction of sp³-hybridized carbons (Fsp3) is 0.333. The molecule has 5 nitrogen and oxygen atoms in total. The maximum atomic E-state index is 11.8. The van der Waals surface area contributed by atoms with Crippen LogP contribution in [0, 0.1) is 5.92 Å². The molecule has 1 unspecified atom stereocenters. The van der Waals surface area contributed by atoms with E-state index >= 15 is 0 Å². The zero-order chi connectivity index (χ0) is 14.5. The Morgan fingerprint density at radius 2 is 2.05 bits per heavy atom. The van der Waals surface area contributed by atoms with Crippen molar-refractivity contribution >= 4 is 11.7 Å². The van der Waals surface area contributed by atoms with Gasteiger partial charge in [0, 0.05) is 11.9 Å². The van der Waals surface area contributed by atoms with Gasteiger partial charge in [0.05, 0.1) is 12.3 Å². The number of nitrogen functional groups attached to an aromatic ring is 1. The lowest BCUT2D eigenvalue weighted by Crippen LogP contribution is -2.12. The van der Waals surface area contributed by atoms with Crippen LogP contribution in [0.5, 0.6) is 0 Å². The normalized spacial score (nSPS) is 12.1. The first-order valence-corrected chi connectivity index (χ1v) is 6.69. The zero-order valence-electron chi connectivity index (χ0n) is 11.7. The van der Waals surface area contributed by atoms with Gasteiger partial charge in [0.1, 0.15) is 0 Å². The highest BCUT2D eigenvalue weighted by molar-refractivity contribution is 5.87. The largest absolute Gasteiger partial charge is 0.461 e. The summed E-state index contributed by atoms with van der Waals surface area (Å²) in [4.78, 5) is 11.8. The van der Waals surface area contributed by atoms with Crippen LogP contribution in [0.15, 0.2) is 36.5 Å². The minimum absolute atomic E-state index is 0.310. The van der Waals surface area contributed by atoms with E-state index in [1.165, 1.54) is 0 Å². The lowest BCUT2D eigenvalue weighted by atomic mass is 10.1. The van der Waals surface area contributed by atoms with Crippen molar-refractivity contribution in [3.05, 3.63) is 42.2 Å². The smallest absolute Gasteiger partial charge is 0.358 e. The molecule has 0 saturated heterocycles. The van der Waals surface area contributed by atoms with Crippen molar-refractivity contribution in [2.45, 2.75) is 20.3 Å². The topological polar surface area (TPSA) is 70.1 Å². The van der Waals surface area contributed by atoms with Gasteiger partial charge in [-0.15, -0.1) is 0 Å². The Morgan fingerprint density at radius 1 is 1.35 bits per heavy atom. The third kappa shape index (κ3) is 3.38. The third-order valence-electron chi connectivity index (χ3n) is 3.15. The molecule has 0 radical (unpaired) electrons. The van der Waals surface area contributed by atoms with Crippen LogP contribution in [-0.4, -0.2) is 22.4 Å². The molecule has 2 rings (SSSR count). The van der Waals surface area contributed by atoms with Gasteiger partial charge in [0.2, 0.25) is 0 Å². The second-order valence-corrected chi connectivity index (χ2v) is 4.85. The zero-order valence-corrected chi connectivity index (χ0v) is 11.7. The van der Waals surface area contributed by atoms with Gasteiger partial charge in [0.25, 0.3) is 0 Å². The van der Waals surface area contributed by atoms with E-state index in [4.69, 9.17) is 10.5 Å². The minimum atomic E-state index is -0.389. The van der Waals surface area contributed by atoms with Crippen LogP contribution in [0.1, 0.15) is 30.8 Å². The molecule has 2 aromatic rings. The van der Waals surface area contributed by atoms with Crippen LogP contribution in [-0.2, 0) is 4.74 Å². The highest BCUT2D eigenvalue weighted by Crippen LogP contribution is 2.11. The van der Waals surface area contributed by atoms with Gasteiger partial charge in [-0.25, -0.2) is 9.48 Å². The van der Waals surface area contributed by atoms with Crippen LogP contribution in [0.25, 0.3) is 5.69 Å². The summed E-state index contributed by atoms with van der Waals surface area (Å²) in [6.07, 6.45) is 2.71. The average molecular weight is 273 g/mol. The molecule has 0 aliphatic heterocycles. The Kier molecular flexibility index (Phi) is 4.40. The van der Waals surface area contributed by atoms with E-state index in [9.17, 15) is 4.79 Å². The van der Waals surface area contributed by atoms with Gasteiger partial charge in [0.15, 0.2) is 5.69 Å². The molecular formula is C15H19N3O2. The number of benzene rings is 1. The summed E-state index contributed by atoms with van der Waals surface area (Å²) in [5.41, 5.74) is 7.48. The molecule has 0 amide bonds. The molecule has 0 spiro atoms. The number of nitrogens with two attached hydrogens (primary N) is 1. The Hall–Kier alpha value is -2.30. The molecule has 2 N–H and O–H groups in total. The third-order valence-corrected chi connectivity index (χ3v) is 3.15. The second kappa shape index (κ2) is 6.23. The quantitative estimate of drug-likeness (QED) is 0.671. The van der Waals surface area contributed by atoms with Crippen molar-refractivity contribution in [1.82, 2.24) is 9.78 Å². The fourth-order valence-electron chi connectivity index (χ4n) is 1.61. The van der Waals surface area contributed by atoms with Crippen molar-refractivity contribution in [2.24, 2.45) is 5.92 Å². The summed E-state index contributed by atoms with van der Waals surface area (Å²) in [7, 11) is 0. The molecule has 1 atom stereocenters. The summed E-state index contributed by atoms with van der Waals surface area (Å²) in [5.74, 6) is -0.0300. The molecule has 20 heavy (non-hydrogen) atoms. The van der Waals surface area contributed by atoms with E-state index < -0.39 is 0 Å². The Labute approximate surface area is 118 Å². The van der Waals surface area contributed by atoms with Crippen molar-refractivity contribution in [3.63, 3.8) is 0 Å². The minimum Gasteiger partial charge on any atom is -0.461 e. The molecule has 5 heteroatoms. The van der Waals surface area contributed by atoms with Crippen LogP contribution in [0.4, 0.5) is 5.69 Å². The number of aromatic nitrogens is 2. The van der Waals surface area contributed by atoms with Crippen molar-refractivity contribution in [2.75, 3.05) is 12.3 Å². The average Bonchev–Trinajstić information content (AvgIpc) is 2.95. The number of ether oxygens (including phenoxy) is 1. The van der Waals surface area contributed by atoms with E-state index in [2.05, 4.69) is 12.0 Å². The van der Waals surface area contributed by atoms with E-state index in [1.807, 2.05) is 19.1 Å². The number of carbonyl (C=O) groups excluding carboxylic acids is 1. The molecule has 0 aliphatic rings. The van der Waals surface area contributed by atoms with E-state index in [1.54, 1.807) is 29.1 Å². The van der Waals surface area contributed by atoms with Crippen molar-refractivity contribution < 1.29 is 9.53 Å². The fourth-order valence-corrected chi connectivity index (χ4v) is 1.61. The first kappa shape index (κ1) is 14.1. The number of carbonyl (C=O) groups is 1. The molecule has 0 aliphatic carbocycles. The maximum Gasteiger partial charge on any atom is 0.358 e. The number of esters is 1. The van der Waals surface area contributed by atoms with E-state index in [0.717, 1.165) is 12.1 Å². The summed E-state index contributed by atoms with van der Waals surface area (Å²) in [5, 5.41) is 4.22. The molecule has 0 fully saturated rings. The lowest BCUT2D eigenvalue weighted by molar-refractivity contribution is 0.0439. The monoisotopic (exact) mass is 273 g/mol. The first-order chi connectivity index (χ1) is 9.60. The molecule has 0 saturated carbocycles. The van der Waals surface area contributed by atoms with Crippen molar-refractivity contribution in [1.29, 1.82) is 0 Å². The van der Waals surface area contributed by atoms with Crippen LogP contribution in [0.2, 0.25) is 0 Å². The van der Waals surface area contributed by atoms with Gasteiger partial charge >= 0.3 is 5.97 Å². The highest BCUT2D eigenvalue weighted by Gasteiger charge is 2.12. The Morgan fingerprint density at radius 3 is 2.70 bits per heavy atom. The first-order valence-electron chi connectivity index (χ1n) is 6.69. The maximum absolute atomic E-state index is 11.8. The highest BCUT2D eigenvalue weighted by atomic mass is 16.5. The molecule has 106 valence electrons. The number of hydrogen-bond acceptors (Lipinski definition) is 4. The SMILES string of the molecule is CCC(C)COC(=O)c1ccn(-c2ccc(N)cc2)n1. The van der Waals surface area contributed by atoms with Crippen molar-refractivity contribution in [3.8, 4) is 5.69 Å². The molecule has 0 bridgehead atoms. The van der Waals surface area contributed by atoms with Crippen LogP contribution < -0.4 is 5.73 Å². The summed E-state index contributed by atoms with van der Waals surface area (Å²) in [6.45, 7) is 4.53. The predicted octanol–water partition coefficient (Wildman–Crippen LogP) is 2.66. The number of nitrogens with zero attached hydrogens (tertiary/aromatic N) is 2.